The quantitative estimate of drug-likeness (QED) is 0.544. The molecule has 0 aliphatic heterocycles. The maximum Gasteiger partial charge on any atom is 0.0754 e. The van der Waals surface area contributed by atoms with Crippen molar-refractivity contribution >= 4 is 0 Å². The smallest absolute Gasteiger partial charge is 0.0754 e. The molecule has 3 N–H and O–H groups in total. The molecule has 0 aromatic rings. The van der Waals surface area contributed by atoms with Gasteiger partial charge >= 0.3 is 0 Å². The lowest BCUT2D eigenvalue weighted by Crippen LogP contribution is -2.25. The van der Waals surface area contributed by atoms with Gasteiger partial charge in [0, 0.05) is 6.04 Å². The molecule has 58 valence electrons. The molecule has 0 radical (unpaired) electrons. The highest BCUT2D eigenvalue weighted by molar-refractivity contribution is 4.87. The summed E-state index contributed by atoms with van der Waals surface area (Å²) in [6, 6.07) is 0.406. The summed E-state index contributed by atoms with van der Waals surface area (Å²) in [4.78, 5) is 0. The van der Waals surface area contributed by atoms with Gasteiger partial charge in [0.25, 0.3) is 0 Å². The van der Waals surface area contributed by atoms with Crippen molar-refractivity contribution in [3.63, 3.8) is 0 Å². The third kappa shape index (κ3) is 2.03. The van der Waals surface area contributed by atoms with Crippen LogP contribution in [-0.2, 0) is 0 Å². The molecule has 0 amide bonds. The van der Waals surface area contributed by atoms with Crippen LogP contribution >= 0.6 is 0 Å². The van der Waals surface area contributed by atoms with Crippen LogP contribution in [0.2, 0.25) is 0 Å². The van der Waals surface area contributed by atoms with E-state index in [1.807, 2.05) is 6.08 Å². The lowest BCUT2D eigenvalue weighted by Gasteiger charge is -2.22. The zero-order valence-electron chi connectivity index (χ0n) is 6.16. The van der Waals surface area contributed by atoms with Gasteiger partial charge < -0.3 is 10.8 Å². The summed E-state index contributed by atoms with van der Waals surface area (Å²) in [5, 5.41) is 8.47. The van der Waals surface area contributed by atoms with Crippen molar-refractivity contribution in [1.82, 2.24) is 0 Å². The third-order valence-electron chi connectivity index (χ3n) is 2.17. The van der Waals surface area contributed by atoms with E-state index in [0.29, 0.717) is 12.0 Å². The van der Waals surface area contributed by atoms with Crippen molar-refractivity contribution in [1.29, 1.82) is 0 Å². The van der Waals surface area contributed by atoms with Gasteiger partial charge in [-0.2, -0.15) is 0 Å². The van der Waals surface area contributed by atoms with Crippen molar-refractivity contribution in [2.75, 3.05) is 0 Å². The zero-order valence-corrected chi connectivity index (χ0v) is 6.16. The Kier molecular flexibility index (Phi) is 2.75. The molecular formula is C8H15NO. The molecule has 1 aliphatic rings. The summed E-state index contributed by atoms with van der Waals surface area (Å²) in [5.41, 5.74) is 5.71. The third-order valence-corrected chi connectivity index (χ3v) is 2.17. The Morgan fingerprint density at radius 1 is 1.20 bits per heavy atom. The number of allylic oxidation sites excluding steroid dienone is 1. The number of hydrogen-bond acceptors (Lipinski definition) is 2. The predicted molar refractivity (Wildman–Crippen MR) is 41.7 cm³/mol. The molecule has 2 heteroatoms. The van der Waals surface area contributed by atoms with Crippen LogP contribution in [0.3, 0.4) is 0 Å². The zero-order chi connectivity index (χ0) is 7.40. The maximum absolute atomic E-state index is 8.47. The predicted octanol–water partition coefficient (Wildman–Crippen LogP) is 1.58. The average molecular weight is 141 g/mol. The second-order valence-electron chi connectivity index (χ2n) is 3.02. The van der Waals surface area contributed by atoms with E-state index in [2.05, 4.69) is 0 Å². The van der Waals surface area contributed by atoms with Crippen LogP contribution in [0.5, 0.6) is 0 Å². The van der Waals surface area contributed by atoms with Crippen molar-refractivity contribution in [3.8, 4) is 0 Å². The average Bonchev–Trinajstić information content (AvgIpc) is 1.95. The Bertz CT molecular complexity index is 114. The van der Waals surface area contributed by atoms with E-state index in [0.717, 1.165) is 31.9 Å². The van der Waals surface area contributed by atoms with E-state index >= 15 is 0 Å². The molecule has 0 heterocycles. The Morgan fingerprint density at radius 3 is 2.30 bits per heavy atom. The number of aliphatic hydroxyl groups excluding tert-OH is 1. The first-order valence-corrected chi connectivity index (χ1v) is 3.89. The first kappa shape index (κ1) is 7.61. The van der Waals surface area contributed by atoms with Crippen LogP contribution in [0, 0.1) is 5.92 Å². The second kappa shape index (κ2) is 3.62. The number of rotatable bonds is 1. The molecule has 0 aromatic heterocycles. The summed E-state index contributed by atoms with van der Waals surface area (Å²) in [5.74, 6) is 0.574. The Balaban J connectivity index is 2.26. The molecule has 0 atom stereocenters. The fourth-order valence-electron chi connectivity index (χ4n) is 1.46. The largest absolute Gasteiger partial charge is 0.516 e. The molecule has 2 nitrogen and oxygen atoms in total. The van der Waals surface area contributed by atoms with Crippen LogP contribution in [0.4, 0.5) is 0 Å². The van der Waals surface area contributed by atoms with Crippen molar-refractivity contribution in [2.45, 2.75) is 31.7 Å². The van der Waals surface area contributed by atoms with E-state index in [1.165, 1.54) is 0 Å². The summed E-state index contributed by atoms with van der Waals surface area (Å²) in [6.45, 7) is 0. The van der Waals surface area contributed by atoms with Crippen molar-refractivity contribution < 1.29 is 5.11 Å². The van der Waals surface area contributed by atoms with Gasteiger partial charge in [-0.1, -0.05) is 0 Å². The van der Waals surface area contributed by atoms with Gasteiger partial charge in [0.2, 0.25) is 0 Å². The molecule has 1 fully saturated rings. The molecule has 0 saturated heterocycles. The van der Waals surface area contributed by atoms with Crippen LogP contribution in [0.25, 0.3) is 0 Å². The van der Waals surface area contributed by atoms with E-state index in [4.69, 9.17) is 10.8 Å². The van der Waals surface area contributed by atoms with Gasteiger partial charge in [-0.15, -0.1) is 0 Å². The highest BCUT2D eigenvalue weighted by atomic mass is 16.2. The van der Waals surface area contributed by atoms with Gasteiger partial charge in [-0.05, 0) is 37.7 Å². The molecule has 1 rings (SSSR count). The lowest BCUT2D eigenvalue weighted by molar-refractivity contribution is 0.366. The SMILES string of the molecule is NC1CCC(/C=C/O)CC1. The second-order valence-corrected chi connectivity index (χ2v) is 3.02. The van der Waals surface area contributed by atoms with Crippen molar-refractivity contribution in [3.05, 3.63) is 12.3 Å². The van der Waals surface area contributed by atoms with Crippen LogP contribution < -0.4 is 5.73 Å². The lowest BCUT2D eigenvalue weighted by atomic mass is 9.87. The van der Waals surface area contributed by atoms with Gasteiger partial charge in [0.05, 0.1) is 6.26 Å². The van der Waals surface area contributed by atoms with Gasteiger partial charge in [0.15, 0.2) is 0 Å². The fourth-order valence-corrected chi connectivity index (χ4v) is 1.46. The van der Waals surface area contributed by atoms with Crippen molar-refractivity contribution in [2.24, 2.45) is 11.7 Å². The number of hydrogen-bond donors (Lipinski definition) is 2. The summed E-state index contributed by atoms with van der Waals surface area (Å²) in [6.07, 6.45) is 7.51. The molecule has 0 spiro atoms. The Labute approximate surface area is 61.7 Å². The standard InChI is InChI=1S/C8H15NO/c9-8-3-1-7(2-4-8)5-6-10/h5-8,10H,1-4,9H2/b6-5+. The van der Waals surface area contributed by atoms with E-state index in [1.54, 1.807) is 0 Å². The highest BCUT2D eigenvalue weighted by Gasteiger charge is 2.15. The van der Waals surface area contributed by atoms with Crippen LogP contribution in [-0.4, -0.2) is 11.1 Å². The monoisotopic (exact) mass is 141 g/mol. The summed E-state index contributed by atoms with van der Waals surface area (Å²) >= 11 is 0. The first-order chi connectivity index (χ1) is 4.83. The normalized spacial score (nSPS) is 34.9. The molecule has 1 saturated carbocycles. The van der Waals surface area contributed by atoms with E-state index < -0.39 is 0 Å². The minimum atomic E-state index is 0.406. The van der Waals surface area contributed by atoms with Crippen LogP contribution in [0.1, 0.15) is 25.7 Å². The van der Waals surface area contributed by atoms with Crippen LogP contribution in [0.15, 0.2) is 12.3 Å². The minimum absolute atomic E-state index is 0.406. The topological polar surface area (TPSA) is 46.2 Å². The Hall–Kier alpha value is -0.500. The van der Waals surface area contributed by atoms with Gasteiger partial charge in [-0.3, -0.25) is 0 Å². The minimum Gasteiger partial charge on any atom is -0.516 e. The highest BCUT2D eigenvalue weighted by Crippen LogP contribution is 2.23. The van der Waals surface area contributed by atoms with E-state index in [9.17, 15) is 0 Å². The molecule has 1 aliphatic carbocycles. The molecular weight excluding hydrogens is 126 g/mol. The molecule has 0 unspecified atom stereocenters. The first-order valence-electron chi connectivity index (χ1n) is 3.89. The Morgan fingerprint density at radius 2 is 1.80 bits per heavy atom. The summed E-state index contributed by atoms with van der Waals surface area (Å²) < 4.78 is 0. The fraction of sp³-hybridized carbons (Fsp3) is 0.750. The molecule has 10 heavy (non-hydrogen) atoms. The number of aliphatic hydroxyl groups is 1. The molecule has 0 aromatic carbocycles. The van der Waals surface area contributed by atoms with E-state index in [-0.39, 0.29) is 0 Å². The maximum atomic E-state index is 8.47. The van der Waals surface area contributed by atoms with Gasteiger partial charge in [0.1, 0.15) is 0 Å². The number of nitrogens with two attached hydrogens (primary N) is 1. The van der Waals surface area contributed by atoms with Gasteiger partial charge in [-0.25, -0.2) is 0 Å². The summed E-state index contributed by atoms with van der Waals surface area (Å²) in [7, 11) is 0. The molecule has 0 bridgehead atoms.